The normalized spacial score (nSPS) is 20.9. The second-order valence-electron chi connectivity index (χ2n) is 6.52. The van der Waals surface area contributed by atoms with Gasteiger partial charge >= 0.3 is 0 Å². The largest absolute Gasteiger partial charge is 0.454 e. The van der Waals surface area contributed by atoms with Crippen molar-refractivity contribution in [2.45, 2.75) is 31.6 Å². The van der Waals surface area contributed by atoms with Gasteiger partial charge in [0.2, 0.25) is 6.79 Å². The van der Waals surface area contributed by atoms with Gasteiger partial charge in [-0.25, -0.2) is 0 Å². The smallest absolute Gasteiger partial charge is 0.231 e. The maximum Gasteiger partial charge on any atom is 0.231 e. The number of fused-ring (bicyclic) bond motifs is 1. The first-order valence-electron chi connectivity index (χ1n) is 8.71. The summed E-state index contributed by atoms with van der Waals surface area (Å²) in [6, 6.07) is 10.5. The molecule has 0 aliphatic carbocycles. The Balaban J connectivity index is 1.24. The highest BCUT2D eigenvalue weighted by molar-refractivity contribution is 7.10. The summed E-state index contributed by atoms with van der Waals surface area (Å²) in [5.74, 6) is 1.54. The molecule has 2 aromatic rings. The Labute approximate surface area is 151 Å². The maximum atomic E-state index is 10.3. The third-order valence-electron chi connectivity index (χ3n) is 4.70. The zero-order valence-corrected chi connectivity index (χ0v) is 14.9. The van der Waals surface area contributed by atoms with Gasteiger partial charge in [0.1, 0.15) is 0 Å². The lowest BCUT2D eigenvalue weighted by Gasteiger charge is -2.26. The number of hydrogen-bond acceptors (Lipinski definition) is 6. The highest BCUT2D eigenvalue weighted by atomic mass is 32.1. The minimum Gasteiger partial charge on any atom is -0.454 e. The van der Waals surface area contributed by atoms with Crippen LogP contribution >= 0.6 is 11.3 Å². The molecule has 3 heterocycles. The zero-order chi connectivity index (χ0) is 17.1. The second-order valence-corrected chi connectivity index (χ2v) is 7.50. The van der Waals surface area contributed by atoms with E-state index < -0.39 is 6.10 Å². The van der Waals surface area contributed by atoms with Gasteiger partial charge in [-0.2, -0.15) is 0 Å². The molecule has 0 spiro atoms. The van der Waals surface area contributed by atoms with Crippen LogP contribution in [-0.2, 0) is 11.3 Å². The molecule has 0 bridgehead atoms. The van der Waals surface area contributed by atoms with Crippen molar-refractivity contribution in [3.05, 3.63) is 46.2 Å². The highest BCUT2D eigenvalue weighted by Gasteiger charge is 2.28. The summed E-state index contributed by atoms with van der Waals surface area (Å²) >= 11 is 1.80. The Hall–Kier alpha value is -1.60. The Bertz CT molecular complexity index is 691. The molecule has 1 N–H and O–H groups in total. The lowest BCUT2D eigenvalue weighted by Crippen LogP contribution is -2.34. The monoisotopic (exact) mass is 361 g/mol. The molecule has 5 nitrogen and oxygen atoms in total. The first-order chi connectivity index (χ1) is 12.3. The quantitative estimate of drug-likeness (QED) is 0.821. The molecule has 1 aromatic heterocycles. The molecular formula is C19H23NO4S. The zero-order valence-electron chi connectivity index (χ0n) is 14.1. The van der Waals surface area contributed by atoms with Crippen LogP contribution in [0.25, 0.3) is 0 Å². The molecular weight excluding hydrogens is 338 g/mol. The lowest BCUT2D eigenvalue weighted by atomic mass is 10.2. The summed E-state index contributed by atoms with van der Waals surface area (Å²) in [4.78, 5) is 3.77. The molecule has 2 aliphatic heterocycles. The predicted octanol–water partition coefficient (Wildman–Crippen LogP) is 3.19. The second kappa shape index (κ2) is 7.74. The van der Waals surface area contributed by atoms with Crippen LogP contribution in [0.1, 0.15) is 29.3 Å². The van der Waals surface area contributed by atoms with Crippen molar-refractivity contribution in [1.82, 2.24) is 4.90 Å². The van der Waals surface area contributed by atoms with Crippen LogP contribution in [0, 0.1) is 0 Å². The van der Waals surface area contributed by atoms with Crippen molar-refractivity contribution in [3.63, 3.8) is 0 Å². The average Bonchev–Trinajstić information content (AvgIpc) is 3.35. The fourth-order valence-corrected chi connectivity index (χ4v) is 4.41. The summed E-state index contributed by atoms with van der Waals surface area (Å²) in [7, 11) is 0. The number of aliphatic hydroxyl groups excluding tert-OH is 1. The van der Waals surface area contributed by atoms with Crippen molar-refractivity contribution in [3.8, 4) is 11.5 Å². The van der Waals surface area contributed by atoms with Gasteiger partial charge in [-0.05, 0) is 48.5 Å². The molecule has 4 rings (SSSR count). The standard InChI is InChI=1S/C19H23NO4S/c21-15(10-20-7-1-3-16(20)19-4-2-8-25-19)12-22-11-14-5-6-17-18(9-14)24-13-23-17/h2,4-6,8-9,15-16,21H,1,3,7,10-13H2/t15-,16+/m0/s1. The minimum absolute atomic E-state index is 0.277. The van der Waals surface area contributed by atoms with Crippen LogP contribution < -0.4 is 9.47 Å². The number of aliphatic hydroxyl groups is 1. The maximum absolute atomic E-state index is 10.3. The number of β-amino-alcohol motifs (C(OH)–C–C–N with tert-alkyl or cyclic N) is 1. The van der Waals surface area contributed by atoms with E-state index in [9.17, 15) is 5.11 Å². The molecule has 1 saturated heterocycles. The number of rotatable bonds is 7. The van der Waals surface area contributed by atoms with Gasteiger partial charge in [0.15, 0.2) is 11.5 Å². The van der Waals surface area contributed by atoms with Gasteiger partial charge in [-0.1, -0.05) is 12.1 Å². The van der Waals surface area contributed by atoms with Crippen LogP contribution in [0.4, 0.5) is 0 Å². The molecule has 0 unspecified atom stereocenters. The Kier molecular flexibility index (Phi) is 5.22. The van der Waals surface area contributed by atoms with Gasteiger partial charge in [0, 0.05) is 17.5 Å². The molecule has 2 aliphatic rings. The van der Waals surface area contributed by atoms with Crippen molar-refractivity contribution in [2.75, 3.05) is 26.5 Å². The molecule has 0 amide bonds. The van der Waals surface area contributed by atoms with Crippen molar-refractivity contribution in [2.24, 2.45) is 0 Å². The van der Waals surface area contributed by atoms with E-state index in [0.717, 1.165) is 23.6 Å². The first-order valence-corrected chi connectivity index (χ1v) is 9.59. The van der Waals surface area contributed by atoms with Crippen LogP contribution in [0.2, 0.25) is 0 Å². The number of hydrogen-bond donors (Lipinski definition) is 1. The lowest BCUT2D eigenvalue weighted by molar-refractivity contribution is 0.00789. The third kappa shape index (κ3) is 3.98. The van der Waals surface area contributed by atoms with Crippen molar-refractivity contribution < 1.29 is 19.3 Å². The molecule has 6 heteroatoms. The number of thiophene rings is 1. The van der Waals surface area contributed by atoms with Crippen LogP contribution in [0.5, 0.6) is 11.5 Å². The first kappa shape index (κ1) is 16.8. The highest BCUT2D eigenvalue weighted by Crippen LogP contribution is 2.34. The Morgan fingerprint density at radius 1 is 1.28 bits per heavy atom. The summed E-state index contributed by atoms with van der Waals surface area (Å²) in [5, 5.41) is 12.5. The average molecular weight is 361 g/mol. The van der Waals surface area contributed by atoms with Gasteiger partial charge in [-0.3, -0.25) is 4.90 Å². The van der Waals surface area contributed by atoms with Crippen LogP contribution in [0.15, 0.2) is 35.7 Å². The summed E-state index contributed by atoms with van der Waals surface area (Å²) in [6.07, 6.45) is 1.88. The number of nitrogens with zero attached hydrogens (tertiary/aromatic N) is 1. The van der Waals surface area contributed by atoms with E-state index in [2.05, 4.69) is 22.4 Å². The molecule has 1 fully saturated rings. The van der Waals surface area contributed by atoms with Crippen molar-refractivity contribution in [1.29, 1.82) is 0 Å². The number of likely N-dealkylation sites (tertiary alicyclic amines) is 1. The van der Waals surface area contributed by atoms with E-state index in [1.54, 1.807) is 11.3 Å². The molecule has 2 atom stereocenters. The SMILES string of the molecule is O[C@H](COCc1ccc2c(c1)OCO2)CN1CCC[C@@H]1c1cccs1. The molecule has 1 aromatic carbocycles. The fraction of sp³-hybridized carbons (Fsp3) is 0.474. The van der Waals surface area contributed by atoms with Gasteiger partial charge in [0.05, 0.1) is 19.3 Å². The third-order valence-corrected chi connectivity index (χ3v) is 5.67. The van der Waals surface area contributed by atoms with Crippen molar-refractivity contribution >= 4 is 11.3 Å². The summed E-state index contributed by atoms with van der Waals surface area (Å²) < 4.78 is 16.4. The van der Waals surface area contributed by atoms with Gasteiger partial charge in [0.25, 0.3) is 0 Å². The fourth-order valence-electron chi connectivity index (χ4n) is 3.51. The van der Waals surface area contributed by atoms with Gasteiger partial charge < -0.3 is 19.3 Å². The minimum atomic E-state index is -0.477. The number of ether oxygens (including phenoxy) is 3. The molecule has 0 radical (unpaired) electrons. The molecule has 25 heavy (non-hydrogen) atoms. The predicted molar refractivity (Wildman–Crippen MR) is 96.1 cm³/mol. The summed E-state index contributed by atoms with van der Waals surface area (Å²) in [5.41, 5.74) is 1.02. The van der Waals surface area contributed by atoms with E-state index in [1.807, 2.05) is 18.2 Å². The molecule has 134 valence electrons. The van der Waals surface area contributed by atoms with Crippen LogP contribution in [0.3, 0.4) is 0 Å². The van der Waals surface area contributed by atoms with Crippen LogP contribution in [-0.4, -0.2) is 42.6 Å². The van der Waals surface area contributed by atoms with E-state index in [0.29, 0.717) is 25.8 Å². The molecule has 0 saturated carbocycles. The van der Waals surface area contributed by atoms with E-state index >= 15 is 0 Å². The number of benzene rings is 1. The van der Waals surface area contributed by atoms with E-state index in [-0.39, 0.29) is 6.79 Å². The Morgan fingerprint density at radius 3 is 3.08 bits per heavy atom. The van der Waals surface area contributed by atoms with Gasteiger partial charge in [-0.15, -0.1) is 11.3 Å². The van der Waals surface area contributed by atoms with E-state index in [1.165, 1.54) is 17.7 Å². The topological polar surface area (TPSA) is 51.2 Å². The van der Waals surface area contributed by atoms with E-state index in [4.69, 9.17) is 14.2 Å². The Morgan fingerprint density at radius 2 is 2.20 bits per heavy atom. The summed E-state index contributed by atoms with van der Waals surface area (Å²) in [6.45, 7) is 2.77.